The molecule has 1 saturated carbocycles. The number of aryl methyl sites for hydroxylation is 1. The zero-order valence-electron chi connectivity index (χ0n) is 14.3. The summed E-state index contributed by atoms with van der Waals surface area (Å²) in [5.74, 6) is 1.83. The van der Waals surface area contributed by atoms with Gasteiger partial charge in [0, 0.05) is 17.6 Å². The zero-order valence-corrected chi connectivity index (χ0v) is 14.3. The Bertz CT molecular complexity index is 914. The van der Waals surface area contributed by atoms with Crippen LogP contribution in [0.1, 0.15) is 36.4 Å². The van der Waals surface area contributed by atoms with Gasteiger partial charge in [0.2, 0.25) is 0 Å². The summed E-state index contributed by atoms with van der Waals surface area (Å²) >= 11 is 0. The van der Waals surface area contributed by atoms with E-state index < -0.39 is 0 Å². The van der Waals surface area contributed by atoms with E-state index in [9.17, 15) is 0 Å². The highest BCUT2D eigenvalue weighted by Crippen LogP contribution is 2.34. The summed E-state index contributed by atoms with van der Waals surface area (Å²) in [4.78, 5) is 4.86. The molecule has 0 bridgehead atoms. The van der Waals surface area contributed by atoms with Crippen LogP contribution in [0.25, 0.3) is 10.9 Å². The van der Waals surface area contributed by atoms with Crippen molar-refractivity contribution in [3.05, 3.63) is 65.7 Å². The van der Waals surface area contributed by atoms with E-state index in [-0.39, 0.29) is 0 Å². The number of hydrogen-bond donors (Lipinski definition) is 2. The van der Waals surface area contributed by atoms with Crippen molar-refractivity contribution in [1.29, 1.82) is 0 Å². The van der Waals surface area contributed by atoms with Gasteiger partial charge in [0.05, 0.1) is 11.6 Å². The van der Waals surface area contributed by atoms with Crippen molar-refractivity contribution in [2.24, 2.45) is 5.92 Å². The van der Waals surface area contributed by atoms with Crippen LogP contribution < -0.4 is 10.6 Å². The lowest BCUT2D eigenvalue weighted by atomic mass is 10.1. The molecule has 25 heavy (non-hydrogen) atoms. The Morgan fingerprint density at radius 2 is 1.84 bits per heavy atom. The molecule has 3 nitrogen and oxygen atoms in total. The molecule has 0 radical (unpaired) electrons. The lowest BCUT2D eigenvalue weighted by Gasteiger charge is -2.16. The highest BCUT2D eigenvalue weighted by molar-refractivity contribution is 5.92. The van der Waals surface area contributed by atoms with E-state index in [1.54, 1.807) is 0 Å². The Kier molecular flexibility index (Phi) is 3.58. The van der Waals surface area contributed by atoms with Crippen LogP contribution in [0.5, 0.6) is 0 Å². The smallest absolute Gasteiger partial charge is 0.127 e. The number of nitrogens with zero attached hydrogens (tertiary/aromatic N) is 1. The van der Waals surface area contributed by atoms with Crippen LogP contribution in [0, 0.1) is 5.92 Å². The molecule has 2 aliphatic carbocycles. The summed E-state index contributed by atoms with van der Waals surface area (Å²) in [5.41, 5.74) is 5.14. The van der Waals surface area contributed by atoms with Crippen LogP contribution in [-0.4, -0.2) is 11.5 Å². The van der Waals surface area contributed by atoms with Crippen LogP contribution >= 0.6 is 0 Å². The van der Waals surface area contributed by atoms with Crippen molar-refractivity contribution in [3.63, 3.8) is 0 Å². The van der Waals surface area contributed by atoms with E-state index in [2.05, 4.69) is 65.2 Å². The Morgan fingerprint density at radius 1 is 0.920 bits per heavy atom. The molecule has 0 saturated heterocycles. The van der Waals surface area contributed by atoms with Gasteiger partial charge in [0.15, 0.2) is 0 Å². The maximum Gasteiger partial charge on any atom is 0.127 e. The molecule has 0 unspecified atom stereocenters. The summed E-state index contributed by atoms with van der Waals surface area (Å²) in [5, 5.41) is 8.44. The fourth-order valence-corrected chi connectivity index (χ4v) is 3.85. The van der Waals surface area contributed by atoms with Gasteiger partial charge in [0.25, 0.3) is 0 Å². The maximum absolute atomic E-state index is 4.86. The van der Waals surface area contributed by atoms with Crippen molar-refractivity contribution < 1.29 is 0 Å². The Balaban J connectivity index is 1.39. The van der Waals surface area contributed by atoms with Gasteiger partial charge in [-0.15, -0.1) is 0 Å². The highest BCUT2D eigenvalue weighted by atomic mass is 15.0. The quantitative estimate of drug-likeness (QED) is 0.679. The molecule has 126 valence electrons. The lowest BCUT2D eigenvalue weighted by Crippen LogP contribution is -2.08. The fraction of sp³-hybridized carbons (Fsp3) is 0.318. The molecule has 3 aromatic rings. The number of fused-ring (bicyclic) bond motifs is 2. The molecule has 1 aromatic heterocycles. The summed E-state index contributed by atoms with van der Waals surface area (Å²) in [6.07, 6.45) is 5.03. The van der Waals surface area contributed by atoms with Crippen molar-refractivity contribution >= 4 is 22.4 Å². The third-order valence-corrected chi connectivity index (χ3v) is 5.46. The average molecular weight is 329 g/mol. The van der Waals surface area contributed by atoms with Crippen molar-refractivity contribution in [3.8, 4) is 0 Å². The standard InChI is InChI=1S/C22H23N3/c1-2-5-17-16(4-1)10-12-21(17)25-22-13-11-18-19(23-14-15-8-9-15)6-3-7-20(18)24-22/h1-7,11,13,15,21,23H,8-10,12,14H2,(H,24,25)/t21-/m1/s1. The number of aromatic nitrogens is 1. The summed E-state index contributed by atoms with van der Waals surface area (Å²) in [6, 6.07) is 19.8. The van der Waals surface area contributed by atoms with Crippen molar-refractivity contribution in [2.45, 2.75) is 31.7 Å². The molecule has 1 heterocycles. The van der Waals surface area contributed by atoms with Gasteiger partial charge in [0.1, 0.15) is 5.82 Å². The monoisotopic (exact) mass is 329 g/mol. The van der Waals surface area contributed by atoms with Crippen LogP contribution in [0.3, 0.4) is 0 Å². The Hall–Kier alpha value is -2.55. The second-order valence-corrected chi connectivity index (χ2v) is 7.33. The molecule has 2 N–H and O–H groups in total. The minimum atomic E-state index is 0.373. The number of anilines is 2. The zero-order chi connectivity index (χ0) is 16.6. The molecule has 2 aliphatic rings. The molecule has 5 rings (SSSR count). The minimum absolute atomic E-state index is 0.373. The van der Waals surface area contributed by atoms with Gasteiger partial charge < -0.3 is 10.6 Å². The molecule has 0 spiro atoms. The largest absolute Gasteiger partial charge is 0.384 e. The summed E-state index contributed by atoms with van der Waals surface area (Å²) in [6.45, 7) is 1.08. The predicted octanol–water partition coefficient (Wildman–Crippen LogP) is 5.16. The molecular weight excluding hydrogens is 306 g/mol. The number of hydrogen-bond acceptors (Lipinski definition) is 3. The first-order valence-corrected chi connectivity index (χ1v) is 9.35. The van der Waals surface area contributed by atoms with E-state index in [1.165, 1.54) is 35.0 Å². The summed E-state index contributed by atoms with van der Waals surface area (Å²) in [7, 11) is 0. The molecular formula is C22H23N3. The number of pyridine rings is 1. The van der Waals surface area contributed by atoms with E-state index >= 15 is 0 Å². The molecule has 3 heteroatoms. The van der Waals surface area contributed by atoms with Gasteiger partial charge in [-0.25, -0.2) is 4.98 Å². The lowest BCUT2D eigenvalue weighted by molar-refractivity contribution is 0.758. The van der Waals surface area contributed by atoms with E-state index in [4.69, 9.17) is 4.98 Å². The first-order valence-electron chi connectivity index (χ1n) is 9.35. The van der Waals surface area contributed by atoms with Gasteiger partial charge in [-0.1, -0.05) is 30.3 Å². The topological polar surface area (TPSA) is 37.0 Å². The molecule has 1 fully saturated rings. The van der Waals surface area contributed by atoms with Crippen LogP contribution in [-0.2, 0) is 6.42 Å². The second-order valence-electron chi connectivity index (χ2n) is 7.33. The van der Waals surface area contributed by atoms with E-state index in [0.717, 1.165) is 36.6 Å². The molecule has 2 aromatic carbocycles. The fourth-order valence-electron chi connectivity index (χ4n) is 3.85. The SMILES string of the molecule is c1ccc2c(c1)CC[C@H]2Nc1ccc2c(NCC3CC3)cccc2n1. The van der Waals surface area contributed by atoms with Crippen LogP contribution in [0.2, 0.25) is 0 Å². The highest BCUT2D eigenvalue weighted by Gasteiger charge is 2.22. The normalized spacial score (nSPS) is 19.0. The minimum Gasteiger partial charge on any atom is -0.384 e. The van der Waals surface area contributed by atoms with Gasteiger partial charge >= 0.3 is 0 Å². The molecule has 0 amide bonds. The number of benzene rings is 2. The molecule has 1 atom stereocenters. The second kappa shape index (κ2) is 6.07. The van der Waals surface area contributed by atoms with Gasteiger partial charge in [-0.3, -0.25) is 0 Å². The average Bonchev–Trinajstić information content (AvgIpc) is 3.40. The Labute approximate surface area is 148 Å². The van der Waals surface area contributed by atoms with E-state index in [0.29, 0.717) is 6.04 Å². The van der Waals surface area contributed by atoms with Crippen molar-refractivity contribution in [2.75, 3.05) is 17.2 Å². The Morgan fingerprint density at radius 3 is 2.76 bits per heavy atom. The first-order chi connectivity index (χ1) is 12.4. The number of nitrogens with one attached hydrogen (secondary N) is 2. The van der Waals surface area contributed by atoms with Crippen LogP contribution in [0.4, 0.5) is 11.5 Å². The van der Waals surface area contributed by atoms with Gasteiger partial charge in [-0.05, 0) is 67.0 Å². The maximum atomic E-state index is 4.86. The van der Waals surface area contributed by atoms with Crippen LogP contribution in [0.15, 0.2) is 54.6 Å². The van der Waals surface area contributed by atoms with E-state index in [1.807, 2.05) is 0 Å². The third kappa shape index (κ3) is 2.95. The first kappa shape index (κ1) is 14.8. The third-order valence-electron chi connectivity index (χ3n) is 5.46. The van der Waals surface area contributed by atoms with Gasteiger partial charge in [-0.2, -0.15) is 0 Å². The predicted molar refractivity (Wildman–Crippen MR) is 104 cm³/mol. The molecule has 0 aliphatic heterocycles. The van der Waals surface area contributed by atoms with Crippen molar-refractivity contribution in [1.82, 2.24) is 4.98 Å². The summed E-state index contributed by atoms with van der Waals surface area (Å²) < 4.78 is 0. The number of rotatable bonds is 5.